The third kappa shape index (κ3) is 0.878. The van der Waals surface area contributed by atoms with Crippen molar-refractivity contribution in [2.45, 2.75) is 39.2 Å². The summed E-state index contributed by atoms with van der Waals surface area (Å²) in [4.78, 5) is 12.3. The molecule has 1 aliphatic heterocycles. The maximum absolute atomic E-state index is 12.3. The quantitative estimate of drug-likeness (QED) is 0.484. The van der Waals surface area contributed by atoms with Crippen LogP contribution in [0.1, 0.15) is 33.6 Å². The molecule has 0 N–H and O–H groups in total. The fourth-order valence-electron chi connectivity index (χ4n) is 2.89. The molecular weight excluding hydrogens is 188 g/mol. The molecule has 2 fully saturated rings. The number of hydrogen-bond acceptors (Lipinski definition) is 2. The van der Waals surface area contributed by atoms with Crippen molar-refractivity contribution in [3.8, 4) is 0 Å². The number of hydrogen-bond donors (Lipinski definition) is 0. The topological polar surface area (TPSA) is 29.6 Å². The van der Waals surface area contributed by atoms with Crippen LogP contribution in [-0.4, -0.2) is 18.0 Å². The third-order valence-electron chi connectivity index (χ3n) is 4.34. The summed E-state index contributed by atoms with van der Waals surface area (Å²) in [7, 11) is 0. The van der Waals surface area contributed by atoms with E-state index in [1.54, 1.807) is 0 Å². The minimum atomic E-state index is -0.481. The number of epoxide rings is 1. The molecule has 0 aromatic rings. The summed E-state index contributed by atoms with van der Waals surface area (Å²) in [5.41, 5.74) is 4.99. The maximum Gasteiger partial charge on any atom is 0.201 e. The van der Waals surface area contributed by atoms with Gasteiger partial charge >= 0.3 is 0 Å². The molecule has 0 aromatic heterocycles. The molecule has 1 heterocycles. The molecule has 2 aliphatic carbocycles. The van der Waals surface area contributed by atoms with Gasteiger partial charge in [0.15, 0.2) is 5.60 Å². The molecule has 1 saturated carbocycles. The van der Waals surface area contributed by atoms with Gasteiger partial charge in [-0.05, 0) is 24.3 Å². The van der Waals surface area contributed by atoms with E-state index in [4.69, 9.17) is 4.74 Å². The Kier molecular flexibility index (Phi) is 1.53. The van der Waals surface area contributed by atoms with E-state index in [9.17, 15) is 4.79 Å². The Morgan fingerprint density at radius 1 is 1.47 bits per heavy atom. The van der Waals surface area contributed by atoms with E-state index < -0.39 is 5.60 Å². The molecule has 0 radical (unpaired) electrons. The van der Waals surface area contributed by atoms with Crippen LogP contribution < -0.4 is 0 Å². The third-order valence-corrected chi connectivity index (χ3v) is 4.34. The zero-order chi connectivity index (χ0) is 10.8. The van der Waals surface area contributed by atoms with Crippen LogP contribution in [0.4, 0.5) is 0 Å². The van der Waals surface area contributed by atoms with Crippen molar-refractivity contribution in [1.29, 1.82) is 0 Å². The number of ketones is 1. The molecule has 2 atom stereocenters. The summed E-state index contributed by atoms with van der Waals surface area (Å²) in [6.07, 6.45) is 2.16. The largest absolute Gasteiger partial charge is 0.360 e. The highest BCUT2D eigenvalue weighted by Gasteiger charge is 2.69. The Balaban J connectivity index is 2.19. The van der Waals surface area contributed by atoms with Crippen LogP contribution in [0.2, 0.25) is 0 Å². The molecule has 1 saturated heterocycles. The second-order valence-electron chi connectivity index (χ2n) is 5.45. The summed E-state index contributed by atoms with van der Waals surface area (Å²) in [6.45, 7) is 6.88. The lowest BCUT2D eigenvalue weighted by molar-refractivity contribution is -0.126. The van der Waals surface area contributed by atoms with Gasteiger partial charge in [-0.2, -0.15) is 0 Å². The van der Waals surface area contributed by atoms with Gasteiger partial charge < -0.3 is 4.74 Å². The number of carbonyl (C=O) groups excluding carboxylic acids is 1. The molecule has 0 unspecified atom stereocenters. The van der Waals surface area contributed by atoms with Crippen LogP contribution in [0.5, 0.6) is 0 Å². The van der Waals surface area contributed by atoms with E-state index in [1.165, 1.54) is 5.57 Å². The normalized spacial score (nSPS) is 42.3. The van der Waals surface area contributed by atoms with Gasteiger partial charge in [0.1, 0.15) is 0 Å². The van der Waals surface area contributed by atoms with Gasteiger partial charge in [-0.15, -0.1) is 5.73 Å². The van der Waals surface area contributed by atoms with Crippen LogP contribution in [0, 0.1) is 11.3 Å². The second-order valence-corrected chi connectivity index (χ2v) is 5.45. The first-order chi connectivity index (χ1) is 7.01. The first-order valence-electron chi connectivity index (χ1n) is 5.70. The Hall–Kier alpha value is -0.850. The minimum absolute atomic E-state index is 0.0253. The summed E-state index contributed by atoms with van der Waals surface area (Å²) in [5, 5.41) is 0. The molecule has 2 nitrogen and oxygen atoms in total. The summed E-state index contributed by atoms with van der Waals surface area (Å²) in [6, 6.07) is 0. The highest BCUT2D eigenvalue weighted by atomic mass is 16.6. The lowest BCUT2D eigenvalue weighted by Crippen LogP contribution is -2.51. The zero-order valence-electron chi connectivity index (χ0n) is 9.52. The summed E-state index contributed by atoms with van der Waals surface area (Å²) >= 11 is 0. The maximum atomic E-state index is 12.3. The average Bonchev–Trinajstić information content (AvgIpc) is 2.93. The number of Topliss-reactive ketones (excluding diaryl/α,β-unsaturated/α-hetero) is 1. The Morgan fingerprint density at radius 2 is 2.13 bits per heavy atom. The molecule has 2 heteroatoms. The molecule has 3 rings (SSSR count). The van der Waals surface area contributed by atoms with Crippen molar-refractivity contribution in [1.82, 2.24) is 0 Å². The molecule has 1 spiro atoms. The molecule has 15 heavy (non-hydrogen) atoms. The highest BCUT2D eigenvalue weighted by molar-refractivity contribution is 6.06. The van der Waals surface area contributed by atoms with Crippen LogP contribution >= 0.6 is 0 Å². The van der Waals surface area contributed by atoms with Crippen molar-refractivity contribution < 1.29 is 9.53 Å². The van der Waals surface area contributed by atoms with Crippen molar-refractivity contribution in [2.24, 2.45) is 11.3 Å². The predicted molar refractivity (Wildman–Crippen MR) is 56.4 cm³/mol. The van der Waals surface area contributed by atoms with Crippen molar-refractivity contribution in [3.63, 3.8) is 0 Å². The SMILES string of the molecule is CC(C)C1=C=C2CC[C@]2(C)[C@@]2(CO2)C1=O. The van der Waals surface area contributed by atoms with E-state index >= 15 is 0 Å². The van der Waals surface area contributed by atoms with Crippen LogP contribution in [0.25, 0.3) is 0 Å². The predicted octanol–water partition coefficient (Wildman–Crippen LogP) is 2.25. The lowest BCUT2D eigenvalue weighted by atomic mass is 9.54. The molecular formula is C13H16O2. The number of carbonyl (C=O) groups is 1. The summed E-state index contributed by atoms with van der Waals surface area (Å²) < 4.78 is 5.54. The van der Waals surface area contributed by atoms with Gasteiger partial charge in [-0.25, -0.2) is 0 Å². The fraction of sp³-hybridized carbons (Fsp3) is 0.692. The van der Waals surface area contributed by atoms with E-state index in [-0.39, 0.29) is 17.1 Å². The van der Waals surface area contributed by atoms with Gasteiger partial charge in [-0.1, -0.05) is 20.8 Å². The monoisotopic (exact) mass is 204 g/mol. The standard InChI is InChI=1S/C13H16O2/c1-8(2)10-6-9-4-5-12(9,3)13(7-15-13)11(10)14/h8H,4-5,7H2,1-3H3/t12-,13+/m0/s1. The highest BCUT2D eigenvalue weighted by Crippen LogP contribution is 2.62. The smallest absolute Gasteiger partial charge is 0.201 e. The van der Waals surface area contributed by atoms with Crippen molar-refractivity contribution in [2.75, 3.05) is 6.61 Å². The number of fused-ring (bicyclic) bond motifs is 2. The molecule has 3 aliphatic rings. The molecule has 80 valence electrons. The Labute approximate surface area is 90.0 Å². The van der Waals surface area contributed by atoms with E-state index in [2.05, 4.69) is 26.5 Å². The Bertz CT molecular complexity index is 420. The van der Waals surface area contributed by atoms with E-state index in [1.807, 2.05) is 0 Å². The van der Waals surface area contributed by atoms with Crippen LogP contribution in [-0.2, 0) is 9.53 Å². The fourth-order valence-corrected chi connectivity index (χ4v) is 2.89. The van der Waals surface area contributed by atoms with Gasteiger partial charge in [0.2, 0.25) is 5.78 Å². The van der Waals surface area contributed by atoms with Gasteiger partial charge in [0.05, 0.1) is 6.61 Å². The average molecular weight is 204 g/mol. The Morgan fingerprint density at radius 3 is 2.53 bits per heavy atom. The van der Waals surface area contributed by atoms with Crippen LogP contribution in [0.15, 0.2) is 16.9 Å². The van der Waals surface area contributed by atoms with E-state index in [0.29, 0.717) is 6.61 Å². The number of ether oxygens (including phenoxy) is 1. The zero-order valence-corrected chi connectivity index (χ0v) is 9.52. The van der Waals surface area contributed by atoms with Gasteiger partial charge in [-0.3, -0.25) is 4.79 Å². The van der Waals surface area contributed by atoms with Gasteiger partial charge in [0.25, 0.3) is 0 Å². The molecule has 0 bridgehead atoms. The first kappa shape index (κ1) is 9.38. The lowest BCUT2D eigenvalue weighted by Gasteiger charge is -2.46. The first-order valence-corrected chi connectivity index (χ1v) is 5.70. The van der Waals surface area contributed by atoms with Crippen molar-refractivity contribution in [3.05, 3.63) is 16.9 Å². The minimum Gasteiger partial charge on any atom is -0.360 e. The van der Waals surface area contributed by atoms with Crippen LogP contribution in [0.3, 0.4) is 0 Å². The summed E-state index contributed by atoms with van der Waals surface area (Å²) in [5.74, 6) is 0.458. The molecule has 0 amide bonds. The van der Waals surface area contributed by atoms with E-state index in [0.717, 1.165) is 18.4 Å². The molecule has 0 aromatic carbocycles. The van der Waals surface area contributed by atoms with Crippen molar-refractivity contribution >= 4 is 5.78 Å². The van der Waals surface area contributed by atoms with Gasteiger partial charge in [0, 0.05) is 11.0 Å². The second kappa shape index (κ2) is 2.45. The number of rotatable bonds is 1.